The number of hydrogen-bond donors (Lipinski definition) is 0. The summed E-state index contributed by atoms with van der Waals surface area (Å²) in [5, 5.41) is 17.4. The van der Waals surface area contributed by atoms with Crippen molar-refractivity contribution in [2.45, 2.75) is 26.5 Å². The summed E-state index contributed by atoms with van der Waals surface area (Å²) >= 11 is 0. The SMILES string of the molecule is CCOC(=O)C(C#N)Cc1ccc(OCc2cn(Cc3ccccc3)nn2)cc1. The predicted molar refractivity (Wildman–Crippen MR) is 106 cm³/mol. The van der Waals surface area contributed by atoms with Gasteiger partial charge in [0.25, 0.3) is 0 Å². The molecule has 1 unspecified atom stereocenters. The second kappa shape index (κ2) is 10.0. The van der Waals surface area contributed by atoms with Crippen molar-refractivity contribution in [3.63, 3.8) is 0 Å². The Morgan fingerprint density at radius 2 is 1.90 bits per heavy atom. The van der Waals surface area contributed by atoms with Crippen LogP contribution in [0.4, 0.5) is 0 Å². The molecule has 2 aromatic carbocycles. The molecular weight excluding hydrogens is 368 g/mol. The largest absolute Gasteiger partial charge is 0.487 e. The Labute approximate surface area is 169 Å². The van der Waals surface area contributed by atoms with Crippen molar-refractivity contribution in [1.82, 2.24) is 15.0 Å². The molecule has 0 bridgehead atoms. The molecule has 0 saturated carbocycles. The minimum atomic E-state index is -0.804. The summed E-state index contributed by atoms with van der Waals surface area (Å²) in [5.41, 5.74) is 2.75. The van der Waals surface area contributed by atoms with Crippen molar-refractivity contribution >= 4 is 5.97 Å². The fourth-order valence-corrected chi connectivity index (χ4v) is 2.79. The third-order valence-corrected chi connectivity index (χ3v) is 4.25. The topological polar surface area (TPSA) is 90.0 Å². The molecule has 0 aliphatic rings. The molecule has 7 heteroatoms. The third kappa shape index (κ3) is 5.91. The Bertz CT molecular complexity index is 962. The number of rotatable bonds is 9. The van der Waals surface area contributed by atoms with E-state index < -0.39 is 11.9 Å². The van der Waals surface area contributed by atoms with Crippen LogP contribution in [-0.2, 0) is 29.1 Å². The highest BCUT2D eigenvalue weighted by Crippen LogP contribution is 2.17. The van der Waals surface area contributed by atoms with E-state index in [-0.39, 0.29) is 6.61 Å². The van der Waals surface area contributed by atoms with Gasteiger partial charge in [-0.15, -0.1) is 5.10 Å². The molecule has 29 heavy (non-hydrogen) atoms. The number of carbonyl (C=O) groups is 1. The summed E-state index contributed by atoms with van der Waals surface area (Å²) in [4.78, 5) is 11.7. The Morgan fingerprint density at radius 3 is 2.59 bits per heavy atom. The van der Waals surface area contributed by atoms with Gasteiger partial charge < -0.3 is 9.47 Å². The van der Waals surface area contributed by atoms with Crippen LogP contribution in [0.3, 0.4) is 0 Å². The number of aromatic nitrogens is 3. The minimum absolute atomic E-state index is 0.264. The van der Waals surface area contributed by atoms with E-state index in [0.29, 0.717) is 25.3 Å². The summed E-state index contributed by atoms with van der Waals surface area (Å²) in [6.07, 6.45) is 2.17. The van der Waals surface area contributed by atoms with Crippen molar-refractivity contribution in [3.05, 3.63) is 77.6 Å². The second-order valence-electron chi connectivity index (χ2n) is 6.46. The van der Waals surface area contributed by atoms with Crippen molar-refractivity contribution in [2.75, 3.05) is 6.61 Å². The average Bonchev–Trinajstić information content (AvgIpc) is 3.19. The van der Waals surface area contributed by atoms with Gasteiger partial charge in [0.2, 0.25) is 0 Å². The minimum Gasteiger partial charge on any atom is -0.487 e. The van der Waals surface area contributed by atoms with Crippen molar-refractivity contribution in [2.24, 2.45) is 5.92 Å². The summed E-state index contributed by atoms with van der Waals surface area (Å²) in [6.45, 7) is 2.94. The number of benzene rings is 2. The maximum atomic E-state index is 11.7. The van der Waals surface area contributed by atoms with Crippen LogP contribution >= 0.6 is 0 Å². The van der Waals surface area contributed by atoms with E-state index in [1.54, 1.807) is 11.6 Å². The molecule has 7 nitrogen and oxygen atoms in total. The Hall–Kier alpha value is -3.66. The quantitative estimate of drug-likeness (QED) is 0.521. The zero-order valence-electron chi connectivity index (χ0n) is 16.2. The molecule has 0 aliphatic carbocycles. The highest BCUT2D eigenvalue weighted by atomic mass is 16.5. The first kappa shape index (κ1) is 20.1. The highest BCUT2D eigenvalue weighted by molar-refractivity contribution is 5.75. The first-order chi connectivity index (χ1) is 14.2. The van der Waals surface area contributed by atoms with Gasteiger partial charge in [-0.2, -0.15) is 5.26 Å². The molecule has 1 atom stereocenters. The molecule has 148 valence electrons. The van der Waals surface area contributed by atoms with Crippen LogP contribution in [0.2, 0.25) is 0 Å². The van der Waals surface area contributed by atoms with Gasteiger partial charge in [-0.1, -0.05) is 47.7 Å². The molecule has 1 heterocycles. The van der Waals surface area contributed by atoms with Gasteiger partial charge in [-0.3, -0.25) is 4.79 Å². The number of nitrogens with zero attached hydrogens (tertiary/aromatic N) is 4. The number of ether oxygens (including phenoxy) is 2. The second-order valence-corrected chi connectivity index (χ2v) is 6.46. The van der Waals surface area contributed by atoms with E-state index in [4.69, 9.17) is 14.7 Å². The molecule has 0 amide bonds. The van der Waals surface area contributed by atoms with Crippen LogP contribution in [0.15, 0.2) is 60.8 Å². The predicted octanol–water partition coefficient (Wildman–Crippen LogP) is 3.15. The molecule has 1 aromatic heterocycles. The van der Waals surface area contributed by atoms with Gasteiger partial charge in [0.15, 0.2) is 0 Å². The molecule has 0 spiro atoms. The molecule has 0 N–H and O–H groups in total. The zero-order valence-corrected chi connectivity index (χ0v) is 16.2. The number of esters is 1. The van der Waals surface area contributed by atoms with E-state index in [0.717, 1.165) is 16.8 Å². The molecule has 0 radical (unpaired) electrons. The van der Waals surface area contributed by atoms with E-state index in [2.05, 4.69) is 10.3 Å². The van der Waals surface area contributed by atoms with Crippen molar-refractivity contribution in [1.29, 1.82) is 5.26 Å². The third-order valence-electron chi connectivity index (χ3n) is 4.25. The smallest absolute Gasteiger partial charge is 0.323 e. The lowest BCUT2D eigenvalue weighted by atomic mass is 10.0. The van der Waals surface area contributed by atoms with E-state index in [1.807, 2.05) is 66.9 Å². The van der Waals surface area contributed by atoms with Gasteiger partial charge in [-0.25, -0.2) is 4.68 Å². The fourth-order valence-electron chi connectivity index (χ4n) is 2.79. The maximum Gasteiger partial charge on any atom is 0.323 e. The molecule has 0 saturated heterocycles. The van der Waals surface area contributed by atoms with Crippen LogP contribution in [0.5, 0.6) is 5.75 Å². The van der Waals surface area contributed by atoms with Crippen LogP contribution < -0.4 is 4.74 Å². The average molecular weight is 390 g/mol. The summed E-state index contributed by atoms with van der Waals surface area (Å²) in [6, 6.07) is 19.3. The first-order valence-electron chi connectivity index (χ1n) is 9.39. The monoisotopic (exact) mass is 390 g/mol. The van der Waals surface area contributed by atoms with Crippen LogP contribution in [-0.4, -0.2) is 27.6 Å². The normalized spacial score (nSPS) is 11.4. The fraction of sp³-hybridized carbons (Fsp3) is 0.273. The summed E-state index contributed by atoms with van der Waals surface area (Å²) in [7, 11) is 0. The molecule has 3 aromatic rings. The number of carbonyl (C=O) groups excluding carboxylic acids is 1. The van der Waals surface area contributed by atoms with Gasteiger partial charge in [0, 0.05) is 0 Å². The molecule has 0 aliphatic heterocycles. The first-order valence-corrected chi connectivity index (χ1v) is 9.39. The van der Waals surface area contributed by atoms with Crippen LogP contribution in [0.25, 0.3) is 0 Å². The van der Waals surface area contributed by atoms with Gasteiger partial charge in [0.1, 0.15) is 24.0 Å². The molecule has 3 rings (SSSR count). The molecular formula is C22H22N4O3. The Morgan fingerprint density at radius 1 is 1.14 bits per heavy atom. The van der Waals surface area contributed by atoms with E-state index in [1.165, 1.54) is 0 Å². The van der Waals surface area contributed by atoms with Crippen molar-refractivity contribution < 1.29 is 14.3 Å². The number of hydrogen-bond acceptors (Lipinski definition) is 6. The lowest BCUT2D eigenvalue weighted by molar-refractivity contribution is -0.145. The van der Waals surface area contributed by atoms with E-state index >= 15 is 0 Å². The van der Waals surface area contributed by atoms with Gasteiger partial charge >= 0.3 is 5.97 Å². The molecule has 0 fully saturated rings. The van der Waals surface area contributed by atoms with E-state index in [9.17, 15) is 4.79 Å². The zero-order chi connectivity index (χ0) is 20.5. The Balaban J connectivity index is 1.51. The highest BCUT2D eigenvalue weighted by Gasteiger charge is 2.19. The lowest BCUT2D eigenvalue weighted by Crippen LogP contribution is -2.18. The Kier molecular flexibility index (Phi) is 6.95. The standard InChI is InChI=1S/C22H22N4O3/c1-2-28-22(27)19(13-23)12-17-8-10-21(11-9-17)29-16-20-15-26(25-24-20)14-18-6-4-3-5-7-18/h3-11,15,19H,2,12,14,16H2,1H3. The summed E-state index contributed by atoms with van der Waals surface area (Å²) in [5.74, 6) is -0.619. The van der Waals surface area contributed by atoms with Crippen molar-refractivity contribution in [3.8, 4) is 11.8 Å². The maximum absolute atomic E-state index is 11.7. The number of nitriles is 1. The van der Waals surface area contributed by atoms with Crippen LogP contribution in [0, 0.1) is 17.2 Å². The summed E-state index contributed by atoms with van der Waals surface area (Å²) < 4.78 is 12.4. The van der Waals surface area contributed by atoms with Gasteiger partial charge in [-0.05, 0) is 36.6 Å². The van der Waals surface area contributed by atoms with Gasteiger partial charge in [0.05, 0.1) is 25.4 Å². The van der Waals surface area contributed by atoms with Crippen LogP contribution in [0.1, 0.15) is 23.7 Å². The lowest BCUT2D eigenvalue weighted by Gasteiger charge is -2.09.